The van der Waals surface area contributed by atoms with Gasteiger partial charge >= 0.3 is 0 Å². The summed E-state index contributed by atoms with van der Waals surface area (Å²) >= 11 is 0. The zero-order chi connectivity index (χ0) is 34.3. The molecule has 1 aliphatic carbocycles. The van der Waals surface area contributed by atoms with Crippen LogP contribution in [0.1, 0.15) is 92.7 Å². The molecule has 1 saturated carbocycles. The number of benzene rings is 3. The number of piperidine rings is 3. The summed E-state index contributed by atoms with van der Waals surface area (Å²) in [5.41, 5.74) is 2.29. The summed E-state index contributed by atoms with van der Waals surface area (Å²) in [6.45, 7) is 7.79. The molecule has 266 valence electrons. The largest absolute Gasteiger partial charge is 0.508 e. The molecule has 1 unspecified atom stereocenters. The molecule has 0 aromatic heterocycles. The number of ether oxygens (including phenoxy) is 2. The van der Waals surface area contributed by atoms with E-state index >= 15 is 0 Å². The lowest BCUT2D eigenvalue weighted by molar-refractivity contribution is -0.946. The van der Waals surface area contributed by atoms with E-state index in [-0.39, 0.29) is 30.4 Å². The van der Waals surface area contributed by atoms with E-state index in [9.17, 15) is 20.4 Å². The number of nitrogens with one attached hydrogen (secondary N) is 1. The highest BCUT2D eigenvalue weighted by Gasteiger charge is 2.48. The molecule has 0 spiro atoms. The average molecular weight is 674 g/mol. The summed E-state index contributed by atoms with van der Waals surface area (Å²) in [6.07, 6.45) is 8.22. The summed E-state index contributed by atoms with van der Waals surface area (Å²) in [5.74, 6) is 1.75. The standard InChI is InChI=1S/C41H56N2O6/c1-2-37(42-26-39(46)32-15-18-38(45)33(25-32)28-44)30-13-16-36(17-14-30)48-24-8-21-43-22-19-31(20-23-43)40(27-43)49-29-41(47,35-11-6-7-12-35)34-9-4-3-5-10-34/h3-5,9-10,13-18,25,31,35,37,39-40,42,44,46-47H,2,6-8,11-12,19-24,26-29H2,1H3/p+1/t31?,37?,39-,40-,41+,43?/m0/s1. The van der Waals surface area contributed by atoms with Crippen molar-refractivity contribution in [2.45, 2.75) is 88.7 Å². The van der Waals surface area contributed by atoms with Crippen LogP contribution in [0.15, 0.2) is 72.8 Å². The number of hydrogen-bond acceptors (Lipinski definition) is 7. The zero-order valence-electron chi connectivity index (χ0n) is 29.2. The molecule has 2 bridgehead atoms. The van der Waals surface area contributed by atoms with Gasteiger partial charge in [-0.3, -0.25) is 0 Å². The molecule has 0 amide bonds. The van der Waals surface area contributed by atoms with Crippen molar-refractivity contribution in [1.82, 2.24) is 5.32 Å². The van der Waals surface area contributed by atoms with Crippen molar-refractivity contribution in [3.63, 3.8) is 0 Å². The second-order valence-corrected chi connectivity index (χ2v) is 14.9. The molecule has 8 heteroatoms. The molecule has 3 aromatic rings. The Morgan fingerprint density at radius 3 is 2.35 bits per heavy atom. The minimum absolute atomic E-state index is 0.0296. The van der Waals surface area contributed by atoms with Gasteiger partial charge in [-0.15, -0.1) is 0 Å². The van der Waals surface area contributed by atoms with Crippen LogP contribution in [0.2, 0.25) is 0 Å². The Hall–Kier alpha value is -2.98. The molecule has 3 aromatic carbocycles. The fourth-order valence-electron chi connectivity index (χ4n) is 8.72. The van der Waals surface area contributed by atoms with E-state index in [1.54, 1.807) is 12.1 Å². The van der Waals surface area contributed by atoms with Crippen molar-refractivity contribution in [2.24, 2.45) is 11.8 Å². The second-order valence-electron chi connectivity index (χ2n) is 14.9. The number of aliphatic hydroxyl groups excluding tert-OH is 2. The molecule has 3 saturated heterocycles. The molecule has 3 heterocycles. The van der Waals surface area contributed by atoms with E-state index in [4.69, 9.17) is 9.47 Å². The smallest absolute Gasteiger partial charge is 0.121 e. The van der Waals surface area contributed by atoms with Crippen LogP contribution in [0.4, 0.5) is 0 Å². The maximum atomic E-state index is 12.0. The van der Waals surface area contributed by atoms with Crippen LogP contribution in [0, 0.1) is 11.8 Å². The number of phenols is 1. The van der Waals surface area contributed by atoms with E-state index in [0.717, 1.165) is 60.1 Å². The van der Waals surface area contributed by atoms with Crippen LogP contribution in [-0.2, 0) is 16.9 Å². The fourth-order valence-corrected chi connectivity index (χ4v) is 8.72. The first-order valence-corrected chi connectivity index (χ1v) is 18.6. The first-order valence-electron chi connectivity index (χ1n) is 18.6. The number of quaternary nitrogens is 1. The van der Waals surface area contributed by atoms with Gasteiger partial charge in [0.05, 0.1) is 45.6 Å². The lowest BCUT2D eigenvalue weighted by Crippen LogP contribution is -2.65. The Morgan fingerprint density at radius 1 is 0.939 bits per heavy atom. The molecular weight excluding hydrogens is 616 g/mol. The van der Waals surface area contributed by atoms with Crippen LogP contribution in [0.25, 0.3) is 0 Å². The molecular formula is C41H57N2O6+. The Kier molecular flexibility index (Phi) is 12.0. The minimum Gasteiger partial charge on any atom is -0.508 e. The van der Waals surface area contributed by atoms with Crippen LogP contribution in [-0.4, -0.2) is 77.0 Å². The topological polar surface area (TPSA) is 111 Å². The van der Waals surface area contributed by atoms with Crippen LogP contribution < -0.4 is 10.1 Å². The van der Waals surface area contributed by atoms with Crippen LogP contribution in [0.5, 0.6) is 11.5 Å². The van der Waals surface area contributed by atoms with Crippen LogP contribution in [0.3, 0.4) is 0 Å². The van der Waals surface area contributed by atoms with Crippen molar-refractivity contribution in [1.29, 1.82) is 0 Å². The van der Waals surface area contributed by atoms with E-state index in [1.165, 1.54) is 44.8 Å². The zero-order valence-corrected chi connectivity index (χ0v) is 29.2. The normalized spacial score (nSPS) is 24.8. The highest BCUT2D eigenvalue weighted by atomic mass is 16.5. The van der Waals surface area contributed by atoms with Gasteiger partial charge in [0, 0.05) is 43.3 Å². The summed E-state index contributed by atoms with van der Waals surface area (Å²) in [6, 6.07) is 23.4. The third-order valence-electron chi connectivity index (χ3n) is 11.8. The minimum atomic E-state index is -0.911. The number of aliphatic hydroxyl groups is 3. The van der Waals surface area contributed by atoms with Gasteiger partial charge in [0.1, 0.15) is 29.7 Å². The third-order valence-corrected chi connectivity index (χ3v) is 11.8. The molecule has 4 fully saturated rings. The molecule has 4 aliphatic rings. The summed E-state index contributed by atoms with van der Waals surface area (Å²) in [7, 11) is 0. The number of nitrogens with zero attached hydrogens (tertiary/aromatic N) is 1. The number of aromatic hydroxyl groups is 1. The molecule has 7 rings (SSSR count). The van der Waals surface area contributed by atoms with Gasteiger partial charge in [0.25, 0.3) is 0 Å². The van der Waals surface area contributed by atoms with E-state index < -0.39 is 11.7 Å². The van der Waals surface area contributed by atoms with Crippen LogP contribution >= 0.6 is 0 Å². The van der Waals surface area contributed by atoms with Gasteiger partial charge in [0.15, 0.2) is 0 Å². The first-order chi connectivity index (χ1) is 23.8. The van der Waals surface area contributed by atoms with Gasteiger partial charge in [-0.2, -0.15) is 0 Å². The lowest BCUT2D eigenvalue weighted by atomic mass is 9.80. The maximum absolute atomic E-state index is 12.0. The number of hydrogen-bond donors (Lipinski definition) is 5. The van der Waals surface area contributed by atoms with Gasteiger partial charge in [-0.25, -0.2) is 0 Å². The summed E-state index contributed by atoms with van der Waals surface area (Å²) in [4.78, 5) is 0. The molecule has 5 N–H and O–H groups in total. The monoisotopic (exact) mass is 673 g/mol. The van der Waals surface area contributed by atoms with E-state index in [0.29, 0.717) is 36.8 Å². The van der Waals surface area contributed by atoms with E-state index in [2.05, 4.69) is 36.5 Å². The Morgan fingerprint density at radius 2 is 1.65 bits per heavy atom. The average Bonchev–Trinajstić information content (AvgIpc) is 3.70. The lowest BCUT2D eigenvalue weighted by Gasteiger charge is -2.53. The van der Waals surface area contributed by atoms with Gasteiger partial charge in [-0.1, -0.05) is 68.3 Å². The Bertz CT molecular complexity index is 1450. The predicted molar refractivity (Wildman–Crippen MR) is 191 cm³/mol. The molecule has 0 radical (unpaired) electrons. The van der Waals surface area contributed by atoms with Crippen molar-refractivity contribution >= 4 is 0 Å². The van der Waals surface area contributed by atoms with Crippen molar-refractivity contribution in [2.75, 3.05) is 45.9 Å². The summed E-state index contributed by atoms with van der Waals surface area (Å²) in [5, 5.41) is 45.5. The second kappa shape index (κ2) is 16.4. The molecule has 3 aliphatic heterocycles. The highest BCUT2D eigenvalue weighted by molar-refractivity contribution is 5.36. The van der Waals surface area contributed by atoms with Crippen molar-refractivity contribution in [3.8, 4) is 11.5 Å². The number of rotatable bonds is 17. The van der Waals surface area contributed by atoms with Crippen molar-refractivity contribution in [3.05, 3.63) is 95.1 Å². The molecule has 8 nitrogen and oxygen atoms in total. The number of fused-ring (bicyclic) bond motifs is 3. The van der Waals surface area contributed by atoms with Gasteiger partial charge < -0.3 is 39.7 Å². The fraction of sp³-hybridized carbons (Fsp3) is 0.561. The Labute approximate surface area is 292 Å². The predicted octanol–water partition coefficient (Wildman–Crippen LogP) is 6.13. The SMILES string of the molecule is CCC(NC[C@H](O)c1ccc(O)c(CO)c1)c1ccc(OCCC[N+]23CCC(CC2)[C@@H](OC[C@@](O)(c2ccccc2)C2CCCC2)C3)cc1. The Balaban J connectivity index is 0.964. The molecule has 49 heavy (non-hydrogen) atoms. The maximum Gasteiger partial charge on any atom is 0.121 e. The highest BCUT2D eigenvalue weighted by Crippen LogP contribution is 2.43. The van der Waals surface area contributed by atoms with E-state index in [1.807, 2.05) is 30.3 Å². The summed E-state index contributed by atoms with van der Waals surface area (Å²) < 4.78 is 14.0. The quantitative estimate of drug-likeness (QED) is 0.0866. The third kappa shape index (κ3) is 8.50. The molecule has 4 atom stereocenters. The van der Waals surface area contributed by atoms with Gasteiger partial charge in [-0.05, 0) is 66.1 Å². The van der Waals surface area contributed by atoms with Crippen molar-refractivity contribution < 1.29 is 34.4 Å². The van der Waals surface area contributed by atoms with Gasteiger partial charge in [0.2, 0.25) is 0 Å². The first kappa shape index (κ1) is 35.8.